The van der Waals surface area contributed by atoms with E-state index in [1.807, 2.05) is 0 Å². The van der Waals surface area contributed by atoms with Gasteiger partial charge in [-0.05, 0) is 58.3 Å². The molecule has 1 aliphatic heterocycles. The molecule has 0 spiro atoms. The van der Waals surface area contributed by atoms with Gasteiger partial charge in [-0.15, -0.1) is 0 Å². The molecule has 1 saturated heterocycles. The first-order chi connectivity index (χ1) is 13.1. The topological polar surface area (TPSA) is 95.9 Å². The maximum absolute atomic E-state index is 12.7. The van der Waals surface area contributed by atoms with Gasteiger partial charge in [0, 0.05) is 13.1 Å². The molecule has 28 heavy (non-hydrogen) atoms. The van der Waals surface area contributed by atoms with Crippen molar-refractivity contribution in [2.24, 2.45) is 17.8 Å². The summed E-state index contributed by atoms with van der Waals surface area (Å²) in [5, 5.41) is 12.5. The first-order valence-corrected chi connectivity index (χ1v) is 10.6. The average molecular weight is 394 g/mol. The highest BCUT2D eigenvalue weighted by atomic mass is 16.6. The highest BCUT2D eigenvalue weighted by molar-refractivity contribution is 6.08. The molecule has 0 aromatic heterocycles. The molecule has 0 unspecified atom stereocenters. The quantitative estimate of drug-likeness (QED) is 0.673. The number of carboxylic acid groups (broad SMARTS) is 1. The van der Waals surface area contributed by atoms with Crippen molar-refractivity contribution in [3.05, 3.63) is 0 Å². The second kappa shape index (κ2) is 9.66. The highest BCUT2D eigenvalue weighted by Crippen LogP contribution is 2.36. The lowest BCUT2D eigenvalue weighted by atomic mass is 9.71. The summed E-state index contributed by atoms with van der Waals surface area (Å²) in [6.45, 7) is 6.27. The van der Waals surface area contributed by atoms with Gasteiger partial charge in [0.15, 0.2) is 0 Å². The number of amides is 2. The molecule has 2 fully saturated rings. The Morgan fingerprint density at radius 2 is 1.93 bits per heavy atom. The van der Waals surface area contributed by atoms with Crippen LogP contribution in [0, 0.1) is 17.8 Å². The first kappa shape index (κ1) is 22.6. The first-order valence-electron chi connectivity index (χ1n) is 10.6. The molecule has 2 rings (SSSR count). The molecule has 0 bridgehead atoms. The van der Waals surface area contributed by atoms with Crippen LogP contribution in [0.3, 0.4) is 0 Å². The fourth-order valence-electron chi connectivity index (χ4n) is 4.47. The molecule has 7 nitrogen and oxygen atoms in total. The third-order valence-electron chi connectivity index (χ3n) is 5.84. The maximum atomic E-state index is 12.7. The second-order valence-electron chi connectivity index (χ2n) is 9.25. The lowest BCUT2D eigenvalue weighted by molar-refractivity contribution is -0.146. The Hall–Kier alpha value is -1.73. The molecule has 1 aliphatic carbocycles. The smallest absolute Gasteiger partial charge is 0.410 e. The minimum absolute atomic E-state index is 0.0501. The zero-order valence-electron chi connectivity index (χ0n) is 17.7. The van der Waals surface area contributed by atoms with Gasteiger partial charge in [0.1, 0.15) is 19.5 Å². The van der Waals surface area contributed by atoms with Crippen LogP contribution in [0.5, 0.6) is 0 Å². The van der Waals surface area contributed by atoms with Crippen LogP contribution >= 0.6 is 0 Å². The van der Waals surface area contributed by atoms with Crippen molar-refractivity contribution in [2.75, 3.05) is 13.1 Å². The average Bonchev–Trinajstić information content (AvgIpc) is 3.09. The van der Waals surface area contributed by atoms with Crippen LogP contribution in [-0.2, 0) is 14.3 Å². The maximum Gasteiger partial charge on any atom is 0.410 e. The molecular weight excluding hydrogens is 359 g/mol. The molecule has 2 amide bonds. The number of nitrogens with zero attached hydrogens (tertiary/aromatic N) is 1. The predicted molar refractivity (Wildman–Crippen MR) is 109 cm³/mol. The fourth-order valence-corrected chi connectivity index (χ4v) is 4.47. The molecule has 0 aromatic rings. The Bertz CT molecular complexity index is 577. The Balaban J connectivity index is 1.91. The van der Waals surface area contributed by atoms with Crippen LogP contribution < -0.4 is 5.32 Å². The summed E-state index contributed by atoms with van der Waals surface area (Å²) in [7, 11) is 2.13. The van der Waals surface area contributed by atoms with Crippen LogP contribution in [0.2, 0.25) is 6.32 Å². The van der Waals surface area contributed by atoms with Crippen molar-refractivity contribution < 1.29 is 24.2 Å². The molecular formula is C20H35BN2O5. The molecule has 0 radical (unpaired) electrons. The number of hydrogen-bond donors (Lipinski definition) is 2. The van der Waals surface area contributed by atoms with E-state index in [-0.39, 0.29) is 11.8 Å². The van der Waals surface area contributed by atoms with E-state index in [0.29, 0.717) is 31.8 Å². The number of hydrogen-bond acceptors (Lipinski definition) is 4. The fraction of sp³-hybridized carbons (Fsp3) is 0.850. The van der Waals surface area contributed by atoms with Gasteiger partial charge in [0.2, 0.25) is 5.91 Å². The van der Waals surface area contributed by atoms with E-state index < -0.39 is 29.6 Å². The summed E-state index contributed by atoms with van der Waals surface area (Å²) >= 11 is 0. The standard InChI is InChI=1S/C20H35BN2O5/c1-20(2,3)28-19(27)23-10-4-5-16(23)17(24)22-12-14-7-6-13(8-9-21)11-15(14)18(25)26/h13-16H,4-12,21H2,1-3H3,(H,22,24)(H,25,26)/t13-,14-,15-,16-/m0/s1. The van der Waals surface area contributed by atoms with Crippen LogP contribution in [0.4, 0.5) is 4.79 Å². The van der Waals surface area contributed by atoms with E-state index in [9.17, 15) is 19.5 Å². The summed E-state index contributed by atoms with van der Waals surface area (Å²) in [6, 6.07) is -0.533. The van der Waals surface area contributed by atoms with Crippen molar-refractivity contribution in [1.29, 1.82) is 0 Å². The molecule has 4 atom stereocenters. The van der Waals surface area contributed by atoms with Gasteiger partial charge in [-0.1, -0.05) is 19.2 Å². The van der Waals surface area contributed by atoms with Crippen LogP contribution in [0.1, 0.15) is 59.3 Å². The summed E-state index contributed by atoms with van der Waals surface area (Å²) < 4.78 is 5.41. The SMILES string of the molecule is BCC[C@@H]1CC[C@@H](CNC(=O)[C@@H]2CCCN2C(=O)OC(C)(C)C)[C@@H](C(=O)O)C1. The van der Waals surface area contributed by atoms with E-state index >= 15 is 0 Å². The van der Waals surface area contributed by atoms with Crippen molar-refractivity contribution in [2.45, 2.75) is 77.3 Å². The summed E-state index contributed by atoms with van der Waals surface area (Å²) in [5.74, 6) is -0.961. The van der Waals surface area contributed by atoms with Crippen LogP contribution in [0.15, 0.2) is 0 Å². The molecule has 0 aromatic carbocycles. The van der Waals surface area contributed by atoms with E-state index in [1.54, 1.807) is 20.8 Å². The van der Waals surface area contributed by atoms with Crippen molar-refractivity contribution in [3.8, 4) is 0 Å². The number of carbonyl (C=O) groups is 3. The van der Waals surface area contributed by atoms with Gasteiger partial charge in [-0.3, -0.25) is 14.5 Å². The van der Waals surface area contributed by atoms with Gasteiger partial charge < -0.3 is 15.2 Å². The Morgan fingerprint density at radius 3 is 2.54 bits per heavy atom. The number of aliphatic carboxylic acids is 1. The number of ether oxygens (including phenoxy) is 1. The van der Waals surface area contributed by atoms with Crippen LogP contribution in [-0.4, -0.2) is 60.6 Å². The summed E-state index contributed by atoms with van der Waals surface area (Å²) in [4.78, 5) is 38.3. The normalized spacial score (nSPS) is 28.0. The number of rotatable bonds is 6. The molecule has 1 saturated carbocycles. The lowest BCUT2D eigenvalue weighted by Gasteiger charge is -2.34. The van der Waals surface area contributed by atoms with E-state index in [0.717, 1.165) is 32.0 Å². The number of carboxylic acids is 1. The Labute approximate surface area is 169 Å². The zero-order valence-corrected chi connectivity index (χ0v) is 17.7. The predicted octanol–water partition coefficient (Wildman–Crippen LogP) is 2.06. The van der Waals surface area contributed by atoms with E-state index in [4.69, 9.17) is 4.74 Å². The van der Waals surface area contributed by atoms with Gasteiger partial charge >= 0.3 is 12.1 Å². The minimum Gasteiger partial charge on any atom is -0.481 e. The molecule has 2 aliphatic rings. The van der Waals surface area contributed by atoms with Gasteiger partial charge in [-0.25, -0.2) is 4.79 Å². The molecule has 1 heterocycles. The third kappa shape index (κ3) is 6.14. The zero-order chi connectivity index (χ0) is 20.9. The summed E-state index contributed by atoms with van der Waals surface area (Å²) in [5.41, 5.74) is -0.605. The number of likely N-dealkylation sites (tertiary alicyclic amines) is 1. The molecule has 8 heteroatoms. The van der Waals surface area contributed by atoms with Gasteiger partial charge in [-0.2, -0.15) is 0 Å². The Morgan fingerprint density at radius 1 is 1.21 bits per heavy atom. The monoisotopic (exact) mass is 394 g/mol. The lowest BCUT2D eigenvalue weighted by Crippen LogP contribution is -2.49. The molecule has 2 N–H and O–H groups in total. The van der Waals surface area contributed by atoms with Crippen molar-refractivity contribution in [1.82, 2.24) is 10.2 Å². The minimum atomic E-state index is -0.767. The number of carbonyl (C=O) groups excluding carboxylic acids is 2. The van der Waals surface area contributed by atoms with Crippen molar-refractivity contribution in [3.63, 3.8) is 0 Å². The number of nitrogens with one attached hydrogen (secondary N) is 1. The summed E-state index contributed by atoms with van der Waals surface area (Å²) in [6.07, 6.45) is 5.57. The van der Waals surface area contributed by atoms with Gasteiger partial charge in [0.05, 0.1) is 5.92 Å². The molecule has 158 valence electrons. The third-order valence-corrected chi connectivity index (χ3v) is 5.84. The highest BCUT2D eigenvalue weighted by Gasteiger charge is 2.38. The van der Waals surface area contributed by atoms with Crippen LogP contribution in [0.25, 0.3) is 0 Å². The Kier molecular flexibility index (Phi) is 7.78. The van der Waals surface area contributed by atoms with E-state index in [1.165, 1.54) is 4.90 Å². The van der Waals surface area contributed by atoms with E-state index in [2.05, 4.69) is 13.2 Å². The van der Waals surface area contributed by atoms with Crippen molar-refractivity contribution >= 4 is 25.8 Å². The second-order valence-corrected chi connectivity index (χ2v) is 9.25. The largest absolute Gasteiger partial charge is 0.481 e. The van der Waals surface area contributed by atoms with Gasteiger partial charge in [0.25, 0.3) is 0 Å².